The number of amides is 1. The zero-order valence-electron chi connectivity index (χ0n) is 11.1. The number of aliphatic hydroxyl groups excluding tert-OH is 1. The molecule has 1 amide bonds. The van der Waals surface area contributed by atoms with Gasteiger partial charge in [-0.05, 0) is 25.1 Å². The minimum absolute atomic E-state index is 0.0898. The normalized spacial score (nSPS) is 10.3. The lowest BCUT2D eigenvalue weighted by Crippen LogP contribution is -2.26. The fraction of sp³-hybridized carbons (Fsp3) is 0.286. The fourth-order valence-corrected chi connectivity index (χ4v) is 1.64. The van der Waals surface area contributed by atoms with E-state index in [1.807, 2.05) is 6.92 Å². The predicted molar refractivity (Wildman–Crippen MR) is 71.4 cm³/mol. The van der Waals surface area contributed by atoms with Crippen LogP contribution in [0.4, 0.5) is 0 Å². The highest BCUT2D eigenvalue weighted by molar-refractivity contribution is 5.94. The molecule has 0 aliphatic carbocycles. The van der Waals surface area contributed by atoms with Crippen molar-refractivity contribution in [3.8, 4) is 5.75 Å². The number of benzene rings is 1. The van der Waals surface area contributed by atoms with Gasteiger partial charge in [0.25, 0.3) is 5.91 Å². The maximum atomic E-state index is 11.7. The summed E-state index contributed by atoms with van der Waals surface area (Å²) in [6.07, 6.45) is 0. The van der Waals surface area contributed by atoms with Gasteiger partial charge in [0, 0.05) is 18.2 Å². The maximum Gasteiger partial charge on any atom is 0.251 e. The van der Waals surface area contributed by atoms with Crippen LogP contribution >= 0.6 is 0 Å². The molecule has 0 saturated carbocycles. The molecule has 0 unspecified atom stereocenters. The lowest BCUT2D eigenvalue weighted by atomic mass is 10.2. The summed E-state index contributed by atoms with van der Waals surface area (Å²) in [6.45, 7) is 2.22. The number of rotatable bonds is 6. The van der Waals surface area contributed by atoms with Gasteiger partial charge < -0.3 is 19.7 Å². The second kappa shape index (κ2) is 6.72. The number of aliphatic hydroxyl groups is 1. The molecule has 0 fully saturated rings. The molecule has 2 aromatic rings. The Morgan fingerprint density at radius 2 is 2.30 bits per heavy atom. The van der Waals surface area contributed by atoms with Crippen molar-refractivity contribution in [2.75, 3.05) is 13.2 Å². The van der Waals surface area contributed by atoms with E-state index in [1.165, 1.54) is 0 Å². The summed E-state index contributed by atoms with van der Waals surface area (Å²) in [4.78, 5) is 11.7. The number of aromatic nitrogens is 1. The zero-order chi connectivity index (χ0) is 14.4. The summed E-state index contributed by atoms with van der Waals surface area (Å²) in [5.41, 5.74) is 1.17. The number of nitrogens with one attached hydrogen (secondary N) is 1. The van der Waals surface area contributed by atoms with Crippen molar-refractivity contribution in [2.45, 2.75) is 13.5 Å². The van der Waals surface area contributed by atoms with Gasteiger partial charge in [-0.3, -0.25) is 4.79 Å². The molecule has 1 heterocycles. The summed E-state index contributed by atoms with van der Waals surface area (Å²) < 4.78 is 10.5. The van der Waals surface area contributed by atoms with Crippen molar-refractivity contribution in [3.63, 3.8) is 0 Å². The Bertz CT molecular complexity index is 580. The third kappa shape index (κ3) is 3.83. The summed E-state index contributed by atoms with van der Waals surface area (Å²) >= 11 is 0. The number of hydrogen-bond donors (Lipinski definition) is 2. The van der Waals surface area contributed by atoms with E-state index >= 15 is 0 Å². The number of ether oxygens (including phenoxy) is 1. The SMILES string of the molecule is Cc1cc(COc2cccc(C(=O)NCCO)c2)no1. The van der Waals surface area contributed by atoms with Gasteiger partial charge in [0.1, 0.15) is 23.8 Å². The van der Waals surface area contributed by atoms with Crippen molar-refractivity contribution in [2.24, 2.45) is 0 Å². The van der Waals surface area contributed by atoms with Gasteiger partial charge in [-0.15, -0.1) is 0 Å². The molecule has 0 aliphatic rings. The molecule has 20 heavy (non-hydrogen) atoms. The van der Waals surface area contributed by atoms with Crippen LogP contribution in [0.15, 0.2) is 34.9 Å². The van der Waals surface area contributed by atoms with Gasteiger partial charge in [0.05, 0.1) is 6.61 Å². The average Bonchev–Trinajstić information content (AvgIpc) is 2.88. The van der Waals surface area contributed by atoms with E-state index in [0.717, 1.165) is 5.76 Å². The van der Waals surface area contributed by atoms with Crippen molar-refractivity contribution < 1.29 is 19.2 Å². The van der Waals surface area contributed by atoms with E-state index in [9.17, 15) is 4.79 Å². The first-order valence-electron chi connectivity index (χ1n) is 6.23. The lowest BCUT2D eigenvalue weighted by molar-refractivity contribution is 0.0944. The molecule has 0 radical (unpaired) electrons. The Kier molecular flexibility index (Phi) is 4.73. The van der Waals surface area contributed by atoms with Crippen LogP contribution in [-0.2, 0) is 6.61 Å². The maximum absolute atomic E-state index is 11.7. The first-order valence-corrected chi connectivity index (χ1v) is 6.23. The highest BCUT2D eigenvalue weighted by Gasteiger charge is 2.07. The number of nitrogens with zero attached hydrogens (tertiary/aromatic N) is 1. The smallest absolute Gasteiger partial charge is 0.251 e. The molecular formula is C14H16N2O4. The molecule has 0 spiro atoms. The lowest BCUT2D eigenvalue weighted by Gasteiger charge is -2.07. The second-order valence-corrected chi connectivity index (χ2v) is 4.22. The van der Waals surface area contributed by atoms with Crippen molar-refractivity contribution in [3.05, 3.63) is 47.3 Å². The van der Waals surface area contributed by atoms with E-state index in [0.29, 0.717) is 17.0 Å². The zero-order valence-corrected chi connectivity index (χ0v) is 11.1. The summed E-state index contributed by atoms with van der Waals surface area (Å²) in [7, 11) is 0. The molecule has 2 rings (SSSR count). The molecule has 6 nitrogen and oxygen atoms in total. The van der Waals surface area contributed by atoms with E-state index in [-0.39, 0.29) is 25.7 Å². The van der Waals surface area contributed by atoms with E-state index in [4.69, 9.17) is 14.4 Å². The molecule has 0 bridgehead atoms. The molecule has 0 atom stereocenters. The number of hydrogen-bond acceptors (Lipinski definition) is 5. The van der Waals surface area contributed by atoms with Gasteiger partial charge in [0.15, 0.2) is 0 Å². The molecule has 0 saturated heterocycles. The molecule has 106 valence electrons. The van der Waals surface area contributed by atoms with Crippen molar-refractivity contribution in [1.82, 2.24) is 10.5 Å². The third-order valence-electron chi connectivity index (χ3n) is 2.56. The van der Waals surface area contributed by atoms with Gasteiger partial charge in [-0.1, -0.05) is 11.2 Å². The highest BCUT2D eigenvalue weighted by Crippen LogP contribution is 2.15. The third-order valence-corrected chi connectivity index (χ3v) is 2.56. The Hall–Kier alpha value is -2.34. The van der Waals surface area contributed by atoms with Crippen molar-refractivity contribution in [1.29, 1.82) is 0 Å². The highest BCUT2D eigenvalue weighted by atomic mass is 16.5. The first-order chi connectivity index (χ1) is 9.69. The molecule has 1 aromatic heterocycles. The van der Waals surface area contributed by atoms with E-state index in [2.05, 4.69) is 10.5 Å². The number of aryl methyl sites for hydroxylation is 1. The summed E-state index contributed by atoms with van der Waals surface area (Å²) in [5.74, 6) is 1.05. The van der Waals surface area contributed by atoms with E-state index < -0.39 is 0 Å². The van der Waals surface area contributed by atoms with Crippen LogP contribution in [0.1, 0.15) is 21.8 Å². The Morgan fingerprint density at radius 3 is 3.00 bits per heavy atom. The minimum atomic E-state index is -0.248. The Labute approximate surface area is 116 Å². The minimum Gasteiger partial charge on any atom is -0.487 e. The van der Waals surface area contributed by atoms with Crippen LogP contribution < -0.4 is 10.1 Å². The van der Waals surface area contributed by atoms with Gasteiger partial charge >= 0.3 is 0 Å². The van der Waals surface area contributed by atoms with Crippen LogP contribution in [0, 0.1) is 6.92 Å². The topological polar surface area (TPSA) is 84.6 Å². The Balaban J connectivity index is 1.97. The van der Waals surface area contributed by atoms with Gasteiger partial charge in [-0.2, -0.15) is 0 Å². The molecule has 2 N–H and O–H groups in total. The first kappa shape index (κ1) is 14.1. The van der Waals surface area contributed by atoms with Crippen LogP contribution in [-0.4, -0.2) is 29.3 Å². The molecule has 1 aromatic carbocycles. The average molecular weight is 276 g/mol. The van der Waals surface area contributed by atoms with Crippen molar-refractivity contribution >= 4 is 5.91 Å². The largest absolute Gasteiger partial charge is 0.487 e. The predicted octanol–water partition coefficient (Wildman–Crippen LogP) is 1.28. The van der Waals surface area contributed by atoms with Gasteiger partial charge in [0.2, 0.25) is 0 Å². The van der Waals surface area contributed by atoms with Gasteiger partial charge in [-0.25, -0.2) is 0 Å². The quantitative estimate of drug-likeness (QED) is 0.830. The number of carbonyl (C=O) groups excluding carboxylic acids is 1. The van der Waals surface area contributed by atoms with Crippen LogP contribution in [0.5, 0.6) is 5.75 Å². The monoisotopic (exact) mass is 276 g/mol. The summed E-state index contributed by atoms with van der Waals surface area (Å²) in [6, 6.07) is 8.60. The Morgan fingerprint density at radius 1 is 1.45 bits per heavy atom. The van der Waals surface area contributed by atoms with Crippen LogP contribution in [0.3, 0.4) is 0 Å². The standard InChI is InChI=1S/C14H16N2O4/c1-10-7-12(16-20-10)9-19-13-4-2-3-11(8-13)14(18)15-5-6-17/h2-4,7-8,17H,5-6,9H2,1H3,(H,15,18). The molecule has 6 heteroatoms. The van der Waals surface area contributed by atoms with E-state index in [1.54, 1.807) is 30.3 Å². The fourth-order valence-electron chi connectivity index (χ4n) is 1.64. The van der Waals surface area contributed by atoms with Crippen LogP contribution in [0.2, 0.25) is 0 Å². The molecule has 0 aliphatic heterocycles. The van der Waals surface area contributed by atoms with Crippen LogP contribution in [0.25, 0.3) is 0 Å². The molecular weight excluding hydrogens is 260 g/mol. The summed E-state index contributed by atoms with van der Waals surface area (Å²) in [5, 5.41) is 15.1. The number of carbonyl (C=O) groups is 1. The second-order valence-electron chi connectivity index (χ2n) is 4.22.